The van der Waals surface area contributed by atoms with Crippen molar-refractivity contribution in [2.75, 3.05) is 6.61 Å². The van der Waals surface area contributed by atoms with E-state index in [0.29, 0.717) is 0 Å². The van der Waals surface area contributed by atoms with Gasteiger partial charge in [0.2, 0.25) is 0 Å². The Balaban J connectivity index is -0.0000000900. The fourth-order valence-electron chi connectivity index (χ4n) is 0.136. The van der Waals surface area contributed by atoms with Gasteiger partial charge in [0.1, 0.15) is 33.0 Å². The van der Waals surface area contributed by atoms with Crippen LogP contribution in [0.4, 0.5) is 0 Å². The van der Waals surface area contributed by atoms with Crippen molar-refractivity contribution in [1.82, 2.24) is 0 Å². The standard InChI is InChI=1S/C3H6O.2H4O5P2.Ti/c1-2-3-4;2*1-6(2)5-7(3)4;/h2,4H,1,3H2;2*6-7H,(H,1,2)(H,3,4);/q;;;+4/p-4. The Kier molecular flexibility index (Phi) is 31.8. The summed E-state index contributed by atoms with van der Waals surface area (Å²) < 4.78 is 43.6. The molecule has 0 spiro atoms. The average Bonchev–Trinajstić information content (AvgIpc) is 2.14. The van der Waals surface area contributed by atoms with E-state index >= 15 is 0 Å². The number of hydrogen-bond acceptors (Lipinski definition) is 11. The number of hydrogen-bond donors (Lipinski definition) is 1. The minimum absolute atomic E-state index is 0. The molecule has 0 aliphatic heterocycles. The molecule has 0 aromatic carbocycles. The third-order valence-electron chi connectivity index (χ3n) is 0.462. The van der Waals surface area contributed by atoms with E-state index in [1.54, 1.807) is 0 Å². The van der Waals surface area contributed by atoms with E-state index in [4.69, 9.17) is 5.11 Å². The molecule has 4 unspecified atom stereocenters. The Morgan fingerprint density at radius 2 is 1.05 bits per heavy atom. The molecular formula is C3H10O11P4Ti. The monoisotopic (exact) mass is 394 g/mol. The Morgan fingerprint density at radius 1 is 0.895 bits per heavy atom. The van der Waals surface area contributed by atoms with Crippen LogP contribution in [-0.2, 0) is 48.6 Å². The van der Waals surface area contributed by atoms with Crippen molar-refractivity contribution in [3.8, 4) is 0 Å². The molecule has 1 N–H and O–H groups in total. The van der Waals surface area contributed by atoms with Crippen LogP contribution in [0.15, 0.2) is 12.7 Å². The van der Waals surface area contributed by atoms with Crippen LogP contribution in [0.1, 0.15) is 0 Å². The first-order valence-electron chi connectivity index (χ1n) is 3.58. The van der Waals surface area contributed by atoms with Crippen LogP contribution in [-0.4, -0.2) is 11.7 Å². The van der Waals surface area contributed by atoms with Gasteiger partial charge in [0.15, 0.2) is 0 Å². The maximum Gasteiger partial charge on any atom is 4.00 e. The maximum absolute atomic E-state index is 9.29. The molecule has 112 valence electrons. The topological polar surface area (TPSA) is 199 Å². The zero-order valence-corrected chi connectivity index (χ0v) is 14.6. The van der Waals surface area contributed by atoms with Crippen molar-refractivity contribution in [2.45, 2.75) is 0 Å². The first-order chi connectivity index (χ1) is 8.17. The third kappa shape index (κ3) is 54.8. The molecule has 0 amide bonds. The largest absolute Gasteiger partial charge is 4.00 e. The maximum atomic E-state index is 9.29. The fourth-order valence-corrected chi connectivity index (χ4v) is 1.22. The van der Waals surface area contributed by atoms with E-state index in [1.165, 1.54) is 6.08 Å². The average molecular weight is 394 g/mol. The van der Waals surface area contributed by atoms with E-state index in [-0.39, 0.29) is 28.3 Å². The molecule has 0 aliphatic rings. The summed E-state index contributed by atoms with van der Waals surface area (Å²) in [5.74, 6) is 0. The summed E-state index contributed by atoms with van der Waals surface area (Å²) in [4.78, 5) is 37.1. The molecule has 0 heterocycles. The van der Waals surface area contributed by atoms with Crippen LogP contribution in [0, 0.1) is 0 Å². The van der Waals surface area contributed by atoms with Gasteiger partial charge in [-0.1, -0.05) is 6.08 Å². The number of aliphatic hydroxyl groups is 1. The fraction of sp³-hybridized carbons (Fsp3) is 0.333. The van der Waals surface area contributed by atoms with Gasteiger partial charge >= 0.3 is 21.7 Å². The number of aliphatic hydroxyl groups excluding tert-OH is 1. The molecule has 11 nitrogen and oxygen atoms in total. The van der Waals surface area contributed by atoms with E-state index in [1.807, 2.05) is 0 Å². The van der Waals surface area contributed by atoms with Crippen LogP contribution in [0.5, 0.6) is 0 Å². The van der Waals surface area contributed by atoms with Crippen LogP contribution in [0.2, 0.25) is 0 Å². The summed E-state index contributed by atoms with van der Waals surface area (Å²) in [5, 5.41) is 7.76. The summed E-state index contributed by atoms with van der Waals surface area (Å²) in [7, 11) is -14.1. The molecule has 0 bridgehead atoms. The molecule has 0 saturated heterocycles. The smallest absolute Gasteiger partial charge is 0.781 e. The normalized spacial score (nSPS) is 15.0. The van der Waals surface area contributed by atoms with Gasteiger partial charge in [-0.05, 0) is 0 Å². The van der Waals surface area contributed by atoms with Crippen LogP contribution in [0.25, 0.3) is 0 Å². The zero-order valence-electron chi connectivity index (χ0n) is 9.02. The van der Waals surface area contributed by atoms with Gasteiger partial charge < -0.3 is 42.9 Å². The second-order valence-corrected chi connectivity index (χ2v) is 5.31. The Labute approximate surface area is 126 Å². The van der Waals surface area contributed by atoms with Gasteiger partial charge in [0.05, 0.1) is 6.61 Å². The van der Waals surface area contributed by atoms with Crippen molar-refractivity contribution in [2.24, 2.45) is 0 Å². The van der Waals surface area contributed by atoms with Gasteiger partial charge in [-0.3, -0.25) is 8.62 Å². The molecule has 0 rings (SSSR count). The zero-order chi connectivity index (χ0) is 15.1. The van der Waals surface area contributed by atoms with Gasteiger partial charge in [0, 0.05) is 0 Å². The van der Waals surface area contributed by atoms with E-state index in [2.05, 4.69) is 15.2 Å². The second kappa shape index (κ2) is 21.4. The summed E-state index contributed by atoms with van der Waals surface area (Å²) in [6.45, 7) is 3.31. The molecule has 19 heavy (non-hydrogen) atoms. The van der Waals surface area contributed by atoms with E-state index < -0.39 is 33.0 Å². The Bertz CT molecular complexity index is 256. The van der Waals surface area contributed by atoms with Crippen molar-refractivity contribution in [3.05, 3.63) is 12.7 Å². The molecular weight excluding hydrogens is 384 g/mol. The van der Waals surface area contributed by atoms with Crippen LogP contribution < -0.4 is 19.6 Å². The molecule has 4 atom stereocenters. The number of rotatable bonds is 5. The summed E-state index contributed by atoms with van der Waals surface area (Å²) in [6, 6.07) is 0. The molecule has 0 radical (unpaired) electrons. The van der Waals surface area contributed by atoms with Gasteiger partial charge in [-0.15, -0.1) is 6.58 Å². The second-order valence-electron chi connectivity index (χ2n) is 1.68. The Hall–Kier alpha value is 1.09. The van der Waals surface area contributed by atoms with Gasteiger partial charge in [-0.2, -0.15) is 0 Å². The summed E-state index contributed by atoms with van der Waals surface area (Å²) in [6.07, 6.45) is 1.43. The first kappa shape index (κ1) is 28.3. The van der Waals surface area contributed by atoms with Gasteiger partial charge in [-0.25, -0.2) is 0 Å². The van der Waals surface area contributed by atoms with Gasteiger partial charge in [0.25, 0.3) is 0 Å². The molecule has 16 heteroatoms. The molecule has 0 aromatic heterocycles. The summed E-state index contributed by atoms with van der Waals surface area (Å²) in [5.41, 5.74) is 0. The summed E-state index contributed by atoms with van der Waals surface area (Å²) >= 11 is 0. The van der Waals surface area contributed by atoms with Crippen molar-refractivity contribution in [1.29, 1.82) is 0 Å². The van der Waals surface area contributed by atoms with E-state index in [9.17, 15) is 37.8 Å². The first-order valence-corrected chi connectivity index (χ1v) is 8.48. The Morgan fingerprint density at radius 3 is 1.05 bits per heavy atom. The van der Waals surface area contributed by atoms with Crippen molar-refractivity contribution in [3.63, 3.8) is 0 Å². The van der Waals surface area contributed by atoms with Crippen LogP contribution >= 0.6 is 33.0 Å². The third-order valence-corrected chi connectivity index (χ3v) is 3.13. The van der Waals surface area contributed by atoms with Crippen molar-refractivity contribution >= 4 is 33.0 Å². The molecule has 0 fully saturated rings. The predicted molar refractivity (Wildman–Crippen MR) is 55.5 cm³/mol. The van der Waals surface area contributed by atoms with Crippen molar-refractivity contribution < 1.29 is 73.3 Å². The predicted octanol–water partition coefficient (Wildman–Crippen LogP) is -2.83. The minimum Gasteiger partial charge on any atom is -0.781 e. The minimum atomic E-state index is -3.51. The van der Waals surface area contributed by atoms with Crippen LogP contribution in [0.3, 0.4) is 0 Å². The quantitative estimate of drug-likeness (QED) is 0.286. The molecule has 0 aliphatic carbocycles. The molecule has 0 saturated carbocycles. The molecule has 0 aromatic rings. The van der Waals surface area contributed by atoms with E-state index in [0.717, 1.165) is 0 Å². The SMILES string of the molecule is C=CCO.O=[PH]([O-])O[PH](=O)[O-].O=[PH]([O-])O[PH](=O)[O-].[Ti+4].